The van der Waals surface area contributed by atoms with Gasteiger partial charge in [0.05, 0.1) is 24.7 Å². The number of ether oxygens (including phenoxy) is 1. The average molecular weight is 419 g/mol. The van der Waals surface area contributed by atoms with Crippen LogP contribution in [0.1, 0.15) is 24.2 Å². The molecule has 10 heteroatoms. The van der Waals surface area contributed by atoms with Crippen LogP contribution in [0.4, 0.5) is 11.9 Å². The second-order valence-corrected chi connectivity index (χ2v) is 9.05. The molecule has 4 rings (SSSR count). The molecule has 3 heterocycles. The zero-order chi connectivity index (χ0) is 20.3. The van der Waals surface area contributed by atoms with Crippen LogP contribution in [0.5, 0.6) is 0 Å². The second-order valence-electron chi connectivity index (χ2n) is 7.29. The van der Waals surface area contributed by atoms with E-state index in [1.54, 1.807) is 18.2 Å². The Morgan fingerprint density at radius 3 is 2.31 bits per heavy atom. The van der Waals surface area contributed by atoms with Crippen molar-refractivity contribution in [1.82, 2.24) is 19.7 Å². The lowest BCUT2D eigenvalue weighted by atomic mass is 10.2. The van der Waals surface area contributed by atoms with Gasteiger partial charge in [-0.1, -0.05) is 12.1 Å². The highest BCUT2D eigenvalue weighted by Crippen LogP contribution is 2.20. The van der Waals surface area contributed by atoms with E-state index in [9.17, 15) is 8.42 Å². The molecule has 2 aromatic rings. The van der Waals surface area contributed by atoms with Gasteiger partial charge in [0.15, 0.2) is 5.82 Å². The van der Waals surface area contributed by atoms with Crippen molar-refractivity contribution in [3.8, 4) is 0 Å². The number of hydrogen-bond donors (Lipinski definition) is 1. The second kappa shape index (κ2) is 8.60. The third kappa shape index (κ3) is 4.82. The minimum Gasteiger partial charge on any atom is -0.378 e. The van der Waals surface area contributed by atoms with Crippen LogP contribution in [0, 0.1) is 6.92 Å². The number of morpholine rings is 1. The van der Waals surface area contributed by atoms with Crippen molar-refractivity contribution < 1.29 is 13.2 Å². The summed E-state index contributed by atoms with van der Waals surface area (Å²) in [5, 5.41) is 0. The van der Waals surface area contributed by atoms with Crippen molar-refractivity contribution in [3.63, 3.8) is 0 Å². The third-order valence-electron chi connectivity index (χ3n) is 5.06. The summed E-state index contributed by atoms with van der Waals surface area (Å²) in [5.74, 6) is 1.61. The number of nitrogens with zero attached hydrogens (tertiary/aromatic N) is 5. The lowest BCUT2D eigenvalue weighted by Gasteiger charge is -2.28. The molecule has 0 saturated carbocycles. The molecule has 0 radical (unpaired) electrons. The Morgan fingerprint density at radius 2 is 1.66 bits per heavy atom. The molecule has 2 aliphatic rings. The maximum atomic E-state index is 12.7. The fraction of sp³-hybridized carbons (Fsp3) is 0.526. The van der Waals surface area contributed by atoms with Gasteiger partial charge in [0.2, 0.25) is 21.9 Å². The first-order valence-corrected chi connectivity index (χ1v) is 11.4. The van der Waals surface area contributed by atoms with Crippen LogP contribution >= 0.6 is 0 Å². The zero-order valence-electron chi connectivity index (χ0n) is 16.5. The van der Waals surface area contributed by atoms with Crippen LogP contribution in [0.25, 0.3) is 0 Å². The van der Waals surface area contributed by atoms with E-state index in [1.165, 1.54) is 0 Å². The van der Waals surface area contributed by atoms with Gasteiger partial charge in [-0.05, 0) is 37.5 Å². The first-order valence-electron chi connectivity index (χ1n) is 9.90. The molecule has 156 valence electrons. The fourth-order valence-corrected chi connectivity index (χ4v) is 4.55. The molecule has 0 aliphatic carbocycles. The third-order valence-corrected chi connectivity index (χ3v) is 6.46. The SMILES string of the molecule is Cc1cccc(S(=O)(=O)NCc2nc(N3CCCC3)nc(N3CCOCC3)n2)c1. The van der Waals surface area contributed by atoms with Crippen LogP contribution in [0.15, 0.2) is 29.2 Å². The minimum atomic E-state index is -3.65. The van der Waals surface area contributed by atoms with Gasteiger partial charge in [0.25, 0.3) is 0 Å². The molecular weight excluding hydrogens is 392 g/mol. The maximum absolute atomic E-state index is 12.7. The molecule has 2 saturated heterocycles. The number of aryl methyl sites for hydroxylation is 1. The highest BCUT2D eigenvalue weighted by molar-refractivity contribution is 7.89. The largest absolute Gasteiger partial charge is 0.378 e. The number of rotatable bonds is 6. The van der Waals surface area contributed by atoms with Crippen molar-refractivity contribution in [3.05, 3.63) is 35.7 Å². The van der Waals surface area contributed by atoms with Crippen molar-refractivity contribution in [1.29, 1.82) is 0 Å². The van der Waals surface area contributed by atoms with Gasteiger partial charge in [-0.25, -0.2) is 13.1 Å². The molecule has 0 spiro atoms. The van der Waals surface area contributed by atoms with Crippen molar-refractivity contribution in [2.24, 2.45) is 0 Å². The zero-order valence-corrected chi connectivity index (χ0v) is 17.4. The Bertz CT molecular complexity index is 956. The summed E-state index contributed by atoms with van der Waals surface area (Å²) in [7, 11) is -3.65. The predicted octanol–water partition coefficient (Wildman–Crippen LogP) is 1.10. The smallest absolute Gasteiger partial charge is 0.240 e. The molecule has 0 atom stereocenters. The van der Waals surface area contributed by atoms with E-state index in [-0.39, 0.29) is 11.4 Å². The summed E-state index contributed by atoms with van der Waals surface area (Å²) in [6, 6.07) is 6.82. The molecule has 2 fully saturated rings. The molecule has 1 aromatic carbocycles. The standard InChI is InChI=1S/C19H26N6O3S/c1-15-5-4-6-16(13-15)29(26,27)20-14-17-21-18(24-7-2-3-8-24)23-19(22-17)25-9-11-28-12-10-25/h4-6,13,20H,2-3,7-12,14H2,1H3. The number of aromatic nitrogens is 3. The lowest BCUT2D eigenvalue weighted by Crippen LogP contribution is -2.38. The van der Waals surface area contributed by atoms with Gasteiger partial charge in [-0.2, -0.15) is 15.0 Å². The Kier molecular flexibility index (Phi) is 5.93. The topological polar surface area (TPSA) is 101 Å². The molecule has 1 N–H and O–H groups in total. The molecule has 29 heavy (non-hydrogen) atoms. The molecule has 0 bridgehead atoms. The highest BCUT2D eigenvalue weighted by Gasteiger charge is 2.22. The minimum absolute atomic E-state index is 0.0109. The molecule has 0 amide bonds. The number of nitrogens with one attached hydrogen (secondary N) is 1. The molecular formula is C19H26N6O3S. The van der Waals surface area contributed by atoms with E-state index in [0.29, 0.717) is 44.0 Å². The summed E-state index contributed by atoms with van der Waals surface area (Å²) in [6.45, 7) is 6.34. The number of sulfonamides is 1. The van der Waals surface area contributed by atoms with E-state index in [4.69, 9.17) is 4.74 Å². The van der Waals surface area contributed by atoms with Crippen LogP contribution in [0.3, 0.4) is 0 Å². The van der Waals surface area contributed by atoms with E-state index < -0.39 is 10.0 Å². The predicted molar refractivity (Wildman–Crippen MR) is 110 cm³/mol. The Balaban J connectivity index is 1.57. The van der Waals surface area contributed by atoms with Gasteiger partial charge in [0.1, 0.15) is 0 Å². The van der Waals surface area contributed by atoms with E-state index in [1.807, 2.05) is 13.0 Å². The summed E-state index contributed by atoms with van der Waals surface area (Å²) < 4.78 is 33.4. The van der Waals surface area contributed by atoms with Crippen LogP contribution in [-0.2, 0) is 21.3 Å². The van der Waals surface area contributed by atoms with Gasteiger partial charge >= 0.3 is 0 Å². The van der Waals surface area contributed by atoms with E-state index in [0.717, 1.165) is 31.5 Å². The molecule has 9 nitrogen and oxygen atoms in total. The Hall–Kier alpha value is -2.30. The van der Waals surface area contributed by atoms with Gasteiger partial charge in [-0.3, -0.25) is 0 Å². The lowest BCUT2D eigenvalue weighted by molar-refractivity contribution is 0.122. The van der Waals surface area contributed by atoms with Gasteiger partial charge in [-0.15, -0.1) is 0 Å². The number of anilines is 2. The molecule has 2 aliphatic heterocycles. The number of benzene rings is 1. The van der Waals surface area contributed by atoms with Crippen LogP contribution in [0.2, 0.25) is 0 Å². The van der Waals surface area contributed by atoms with Gasteiger partial charge < -0.3 is 14.5 Å². The van der Waals surface area contributed by atoms with Gasteiger partial charge in [0, 0.05) is 26.2 Å². The Labute approximate surface area is 171 Å². The number of hydrogen-bond acceptors (Lipinski definition) is 8. The summed E-state index contributed by atoms with van der Waals surface area (Å²) in [6.07, 6.45) is 2.21. The fourth-order valence-electron chi connectivity index (χ4n) is 3.46. The van der Waals surface area contributed by atoms with Crippen molar-refractivity contribution in [2.45, 2.75) is 31.2 Å². The van der Waals surface area contributed by atoms with Crippen LogP contribution < -0.4 is 14.5 Å². The first-order chi connectivity index (χ1) is 14.0. The molecule has 0 unspecified atom stereocenters. The quantitative estimate of drug-likeness (QED) is 0.744. The molecule has 1 aromatic heterocycles. The highest BCUT2D eigenvalue weighted by atomic mass is 32.2. The monoisotopic (exact) mass is 418 g/mol. The summed E-state index contributed by atoms with van der Waals surface area (Å²) >= 11 is 0. The first kappa shape index (κ1) is 20.0. The average Bonchev–Trinajstić information content (AvgIpc) is 3.28. The summed E-state index contributed by atoms with van der Waals surface area (Å²) in [5.41, 5.74) is 0.888. The van der Waals surface area contributed by atoms with E-state index in [2.05, 4.69) is 29.5 Å². The Morgan fingerprint density at radius 1 is 1.00 bits per heavy atom. The van der Waals surface area contributed by atoms with Crippen molar-refractivity contribution in [2.75, 3.05) is 49.2 Å². The van der Waals surface area contributed by atoms with E-state index >= 15 is 0 Å². The normalized spacial score (nSPS) is 17.7. The van der Waals surface area contributed by atoms with Crippen molar-refractivity contribution >= 4 is 21.9 Å². The van der Waals surface area contributed by atoms with Crippen LogP contribution in [-0.4, -0.2) is 62.8 Å². The summed E-state index contributed by atoms with van der Waals surface area (Å²) in [4.78, 5) is 18.2. The maximum Gasteiger partial charge on any atom is 0.240 e.